The molecule has 25 heavy (non-hydrogen) atoms. The van der Waals surface area contributed by atoms with E-state index >= 15 is 0 Å². The Bertz CT molecular complexity index is 763. The van der Waals surface area contributed by atoms with Crippen molar-refractivity contribution < 1.29 is 14.1 Å². The van der Waals surface area contributed by atoms with Crippen molar-refractivity contribution in [3.05, 3.63) is 41.5 Å². The Labute approximate surface area is 146 Å². The zero-order chi connectivity index (χ0) is 17.6. The number of hydrogen-bond donors (Lipinski definition) is 0. The first-order valence-electron chi connectivity index (χ1n) is 8.32. The molecule has 1 atom stereocenters. The minimum Gasteiger partial charge on any atom is -0.479 e. The summed E-state index contributed by atoms with van der Waals surface area (Å²) in [5.74, 6) is 2.10. The van der Waals surface area contributed by atoms with Crippen molar-refractivity contribution in [2.24, 2.45) is 0 Å². The van der Waals surface area contributed by atoms with Gasteiger partial charge in [0.05, 0.1) is 6.42 Å². The standard InChI is InChI=1S/C18H20N4O3/c1-13-20-18(21-25-13)15-3-2-9-22(12-15)17(23)11-14-4-6-16(7-5-14)24-10-8-19/h4-7,15H,2-3,9-12H2,1H3. The van der Waals surface area contributed by atoms with E-state index in [0.717, 1.165) is 24.9 Å². The van der Waals surface area contributed by atoms with E-state index in [1.807, 2.05) is 23.1 Å². The van der Waals surface area contributed by atoms with Gasteiger partial charge in [0.15, 0.2) is 12.4 Å². The third-order valence-corrected chi connectivity index (χ3v) is 4.26. The van der Waals surface area contributed by atoms with Crippen molar-refractivity contribution in [3.63, 3.8) is 0 Å². The lowest BCUT2D eigenvalue weighted by Crippen LogP contribution is -2.40. The lowest BCUT2D eigenvalue weighted by Gasteiger charge is -2.31. The molecule has 0 N–H and O–H groups in total. The molecule has 7 heteroatoms. The molecule has 0 bridgehead atoms. The molecule has 1 unspecified atom stereocenters. The molecule has 1 aliphatic rings. The average Bonchev–Trinajstić information content (AvgIpc) is 3.08. The van der Waals surface area contributed by atoms with E-state index in [0.29, 0.717) is 30.4 Å². The van der Waals surface area contributed by atoms with E-state index in [-0.39, 0.29) is 18.4 Å². The smallest absolute Gasteiger partial charge is 0.227 e. The Morgan fingerprint density at radius 3 is 2.92 bits per heavy atom. The topological polar surface area (TPSA) is 92.2 Å². The van der Waals surface area contributed by atoms with Crippen LogP contribution in [0.3, 0.4) is 0 Å². The second-order valence-corrected chi connectivity index (χ2v) is 6.12. The molecule has 0 saturated carbocycles. The van der Waals surface area contributed by atoms with Crippen molar-refractivity contribution >= 4 is 5.91 Å². The monoisotopic (exact) mass is 340 g/mol. The minimum atomic E-state index is 0.0169. The van der Waals surface area contributed by atoms with Crippen LogP contribution in [0.1, 0.15) is 36.0 Å². The molecular formula is C18H20N4O3. The van der Waals surface area contributed by atoms with Crippen LogP contribution in [0, 0.1) is 18.3 Å². The third kappa shape index (κ3) is 4.35. The number of ether oxygens (including phenoxy) is 1. The number of carbonyl (C=O) groups is 1. The summed E-state index contributed by atoms with van der Waals surface area (Å²) >= 11 is 0. The van der Waals surface area contributed by atoms with Crippen LogP contribution in [-0.2, 0) is 11.2 Å². The maximum atomic E-state index is 12.6. The Balaban J connectivity index is 1.58. The van der Waals surface area contributed by atoms with Gasteiger partial charge in [0.1, 0.15) is 11.8 Å². The summed E-state index contributed by atoms with van der Waals surface area (Å²) in [4.78, 5) is 18.8. The third-order valence-electron chi connectivity index (χ3n) is 4.26. The van der Waals surface area contributed by atoms with Crippen molar-refractivity contribution in [2.75, 3.05) is 19.7 Å². The van der Waals surface area contributed by atoms with Gasteiger partial charge in [-0.15, -0.1) is 0 Å². The molecule has 1 aliphatic heterocycles. The van der Waals surface area contributed by atoms with Crippen LogP contribution in [0.25, 0.3) is 0 Å². The lowest BCUT2D eigenvalue weighted by atomic mass is 9.97. The maximum absolute atomic E-state index is 12.6. The molecule has 1 aromatic carbocycles. The fourth-order valence-corrected chi connectivity index (χ4v) is 3.00. The van der Waals surface area contributed by atoms with Gasteiger partial charge in [-0.3, -0.25) is 4.79 Å². The lowest BCUT2D eigenvalue weighted by molar-refractivity contribution is -0.131. The number of carbonyl (C=O) groups excluding carboxylic acids is 1. The highest BCUT2D eigenvalue weighted by Crippen LogP contribution is 2.25. The first-order chi connectivity index (χ1) is 12.2. The van der Waals surface area contributed by atoms with E-state index in [4.69, 9.17) is 14.5 Å². The van der Waals surface area contributed by atoms with Crippen molar-refractivity contribution in [3.8, 4) is 11.8 Å². The first-order valence-corrected chi connectivity index (χ1v) is 8.32. The second kappa shape index (κ2) is 7.79. The van der Waals surface area contributed by atoms with Crippen molar-refractivity contribution in [1.82, 2.24) is 15.0 Å². The van der Waals surface area contributed by atoms with Crippen molar-refractivity contribution in [2.45, 2.75) is 32.1 Å². The molecule has 0 spiro atoms. The van der Waals surface area contributed by atoms with Gasteiger partial charge in [0, 0.05) is 25.9 Å². The molecule has 130 valence electrons. The predicted octanol–water partition coefficient (Wildman–Crippen LogP) is 2.23. The number of nitrogens with zero attached hydrogens (tertiary/aromatic N) is 4. The zero-order valence-electron chi connectivity index (χ0n) is 14.1. The Morgan fingerprint density at radius 1 is 1.44 bits per heavy atom. The molecule has 1 aromatic heterocycles. The van der Waals surface area contributed by atoms with E-state index in [1.165, 1.54) is 0 Å². The van der Waals surface area contributed by atoms with Gasteiger partial charge in [-0.2, -0.15) is 10.2 Å². The van der Waals surface area contributed by atoms with Crippen LogP contribution in [0.2, 0.25) is 0 Å². The number of aromatic nitrogens is 2. The summed E-state index contributed by atoms with van der Waals surface area (Å²) in [6.07, 6.45) is 2.25. The maximum Gasteiger partial charge on any atom is 0.227 e. The quantitative estimate of drug-likeness (QED) is 0.829. The number of benzene rings is 1. The van der Waals surface area contributed by atoms with E-state index < -0.39 is 0 Å². The molecule has 2 heterocycles. The summed E-state index contributed by atoms with van der Waals surface area (Å²) in [7, 11) is 0. The van der Waals surface area contributed by atoms with Crippen LogP contribution >= 0.6 is 0 Å². The SMILES string of the molecule is Cc1nc(C2CCCN(C(=O)Cc3ccc(OCC#N)cc3)C2)no1. The number of amides is 1. The average molecular weight is 340 g/mol. The normalized spacial score (nSPS) is 17.1. The highest BCUT2D eigenvalue weighted by atomic mass is 16.5. The van der Waals surface area contributed by atoms with E-state index in [9.17, 15) is 4.79 Å². The van der Waals surface area contributed by atoms with Gasteiger partial charge in [-0.05, 0) is 30.5 Å². The fraction of sp³-hybridized carbons (Fsp3) is 0.444. The summed E-state index contributed by atoms with van der Waals surface area (Å²) in [6, 6.07) is 9.19. The number of hydrogen-bond acceptors (Lipinski definition) is 6. The van der Waals surface area contributed by atoms with Crippen LogP contribution in [0.15, 0.2) is 28.8 Å². The Morgan fingerprint density at radius 2 is 2.24 bits per heavy atom. The zero-order valence-corrected chi connectivity index (χ0v) is 14.1. The van der Waals surface area contributed by atoms with Gasteiger partial charge >= 0.3 is 0 Å². The van der Waals surface area contributed by atoms with Crippen LogP contribution in [-0.4, -0.2) is 40.6 Å². The first kappa shape index (κ1) is 17.0. The largest absolute Gasteiger partial charge is 0.479 e. The molecule has 7 nitrogen and oxygen atoms in total. The van der Waals surface area contributed by atoms with Crippen LogP contribution < -0.4 is 4.74 Å². The van der Waals surface area contributed by atoms with Crippen molar-refractivity contribution in [1.29, 1.82) is 5.26 Å². The number of rotatable bonds is 5. The van der Waals surface area contributed by atoms with Gasteiger partial charge in [-0.25, -0.2) is 0 Å². The molecule has 3 rings (SSSR count). The number of likely N-dealkylation sites (tertiary alicyclic amines) is 1. The minimum absolute atomic E-state index is 0.0169. The summed E-state index contributed by atoms with van der Waals surface area (Å²) in [5, 5.41) is 12.5. The van der Waals surface area contributed by atoms with Gasteiger partial charge < -0.3 is 14.2 Å². The van der Waals surface area contributed by atoms with Gasteiger partial charge in [-0.1, -0.05) is 17.3 Å². The molecular weight excluding hydrogens is 320 g/mol. The summed E-state index contributed by atoms with van der Waals surface area (Å²) in [6.45, 7) is 3.17. The van der Waals surface area contributed by atoms with E-state index in [2.05, 4.69) is 10.1 Å². The van der Waals surface area contributed by atoms with Gasteiger partial charge in [0.25, 0.3) is 0 Å². The highest BCUT2D eigenvalue weighted by Gasteiger charge is 2.27. The van der Waals surface area contributed by atoms with Crippen LogP contribution in [0.5, 0.6) is 5.75 Å². The number of aryl methyl sites for hydroxylation is 1. The Kier molecular flexibility index (Phi) is 5.29. The van der Waals surface area contributed by atoms with E-state index in [1.54, 1.807) is 19.1 Å². The second-order valence-electron chi connectivity index (χ2n) is 6.12. The predicted molar refractivity (Wildman–Crippen MR) is 88.8 cm³/mol. The molecule has 1 fully saturated rings. The highest BCUT2D eigenvalue weighted by molar-refractivity contribution is 5.79. The fourth-order valence-electron chi connectivity index (χ4n) is 3.00. The molecule has 1 amide bonds. The molecule has 2 aromatic rings. The summed E-state index contributed by atoms with van der Waals surface area (Å²) in [5.41, 5.74) is 0.923. The molecule has 0 radical (unpaired) electrons. The van der Waals surface area contributed by atoms with Crippen LogP contribution in [0.4, 0.5) is 0 Å². The van der Waals surface area contributed by atoms with Gasteiger partial charge in [0.2, 0.25) is 11.8 Å². The number of nitriles is 1. The molecule has 1 saturated heterocycles. The Hall–Kier alpha value is -2.88. The molecule has 0 aliphatic carbocycles. The summed E-state index contributed by atoms with van der Waals surface area (Å²) < 4.78 is 10.3. The number of piperidine rings is 1.